The second kappa shape index (κ2) is 6.47. The molecule has 2 N–H and O–H groups in total. The monoisotopic (exact) mass is 334 g/mol. The van der Waals surface area contributed by atoms with E-state index in [0.717, 1.165) is 22.3 Å². The summed E-state index contributed by atoms with van der Waals surface area (Å²) in [4.78, 5) is 20.3. The van der Waals surface area contributed by atoms with E-state index < -0.39 is 0 Å². The van der Waals surface area contributed by atoms with E-state index in [2.05, 4.69) is 36.5 Å². The van der Waals surface area contributed by atoms with Crippen molar-refractivity contribution in [1.29, 1.82) is 0 Å². The number of carbonyl (C=O) groups is 1. The first-order valence-corrected chi connectivity index (χ1v) is 7.03. The van der Waals surface area contributed by atoms with Crippen molar-refractivity contribution in [3.05, 3.63) is 46.3 Å². The Morgan fingerprint density at radius 1 is 1.35 bits per heavy atom. The molecule has 0 saturated carbocycles. The van der Waals surface area contributed by atoms with Crippen molar-refractivity contribution in [2.24, 2.45) is 0 Å². The van der Waals surface area contributed by atoms with Crippen molar-refractivity contribution in [1.82, 2.24) is 9.97 Å². The molecule has 20 heavy (non-hydrogen) atoms. The minimum absolute atomic E-state index is 0.279. The Hall–Kier alpha value is -1.95. The molecule has 0 spiro atoms. The zero-order valence-electron chi connectivity index (χ0n) is 11.3. The molecule has 0 radical (unpaired) electrons. The highest BCUT2D eigenvalue weighted by Crippen LogP contribution is 2.20. The molecule has 0 unspecified atom stereocenters. The third-order valence-electron chi connectivity index (χ3n) is 2.64. The van der Waals surface area contributed by atoms with Gasteiger partial charge < -0.3 is 10.6 Å². The van der Waals surface area contributed by atoms with E-state index >= 15 is 0 Å². The average Bonchev–Trinajstić information content (AvgIpc) is 2.43. The predicted octanol–water partition coefficient (Wildman–Crippen LogP) is 3.23. The summed E-state index contributed by atoms with van der Waals surface area (Å²) in [6, 6.07) is 5.62. The number of benzene rings is 1. The van der Waals surface area contributed by atoms with Gasteiger partial charge in [0.25, 0.3) is 5.91 Å². The Morgan fingerprint density at radius 2 is 2.15 bits per heavy atom. The van der Waals surface area contributed by atoms with Crippen LogP contribution < -0.4 is 10.6 Å². The highest BCUT2D eigenvalue weighted by Gasteiger charge is 2.09. The van der Waals surface area contributed by atoms with Gasteiger partial charge in [-0.15, -0.1) is 0 Å². The Bertz CT molecular complexity index is 630. The summed E-state index contributed by atoms with van der Waals surface area (Å²) < 4.78 is 1.00. The molecule has 1 amide bonds. The van der Waals surface area contributed by atoms with E-state index in [0.29, 0.717) is 5.82 Å². The molecule has 0 aliphatic rings. The number of nitrogens with one attached hydrogen (secondary N) is 2. The lowest BCUT2D eigenvalue weighted by atomic mass is 10.2. The maximum atomic E-state index is 12.1. The third-order valence-corrected chi connectivity index (χ3v) is 3.53. The van der Waals surface area contributed by atoms with E-state index in [9.17, 15) is 4.79 Å². The van der Waals surface area contributed by atoms with E-state index in [1.807, 2.05) is 32.0 Å². The number of nitrogens with zero attached hydrogens (tertiary/aromatic N) is 2. The van der Waals surface area contributed by atoms with Crippen molar-refractivity contribution in [2.45, 2.75) is 13.8 Å². The van der Waals surface area contributed by atoms with Gasteiger partial charge in [0, 0.05) is 16.7 Å². The molecular formula is C14H15BrN4O. The number of hydrogen-bond donors (Lipinski definition) is 2. The summed E-state index contributed by atoms with van der Waals surface area (Å²) in [6.07, 6.45) is 3.03. The maximum Gasteiger partial charge on any atom is 0.275 e. The summed E-state index contributed by atoms with van der Waals surface area (Å²) in [5, 5.41) is 5.83. The van der Waals surface area contributed by atoms with Crippen LogP contribution in [0.15, 0.2) is 35.1 Å². The van der Waals surface area contributed by atoms with Crippen LogP contribution in [0.3, 0.4) is 0 Å². The van der Waals surface area contributed by atoms with Crippen LogP contribution in [0.5, 0.6) is 0 Å². The fraction of sp³-hybridized carbons (Fsp3) is 0.214. The van der Waals surface area contributed by atoms with Gasteiger partial charge in [-0.2, -0.15) is 0 Å². The smallest absolute Gasteiger partial charge is 0.275 e. The Labute approximate surface area is 126 Å². The highest BCUT2D eigenvalue weighted by atomic mass is 79.9. The van der Waals surface area contributed by atoms with Gasteiger partial charge in [0.1, 0.15) is 11.5 Å². The summed E-state index contributed by atoms with van der Waals surface area (Å²) in [7, 11) is 0. The number of carbonyl (C=O) groups excluding carboxylic acids is 1. The van der Waals surface area contributed by atoms with Crippen LogP contribution in [0.1, 0.15) is 23.0 Å². The molecule has 1 aromatic heterocycles. The molecular weight excluding hydrogens is 320 g/mol. The summed E-state index contributed by atoms with van der Waals surface area (Å²) >= 11 is 3.42. The van der Waals surface area contributed by atoms with Crippen molar-refractivity contribution in [3.8, 4) is 0 Å². The second-order valence-electron chi connectivity index (χ2n) is 4.24. The minimum atomic E-state index is -0.279. The number of halogens is 1. The highest BCUT2D eigenvalue weighted by molar-refractivity contribution is 9.10. The first-order chi connectivity index (χ1) is 9.60. The zero-order valence-corrected chi connectivity index (χ0v) is 12.9. The number of amides is 1. The average molecular weight is 335 g/mol. The Kier molecular flexibility index (Phi) is 4.68. The first-order valence-electron chi connectivity index (χ1n) is 6.23. The van der Waals surface area contributed by atoms with Gasteiger partial charge in [-0.05, 0) is 37.6 Å². The largest absolute Gasteiger partial charge is 0.369 e. The van der Waals surface area contributed by atoms with Crippen LogP contribution in [0, 0.1) is 6.92 Å². The van der Waals surface area contributed by atoms with E-state index in [-0.39, 0.29) is 11.6 Å². The molecule has 6 heteroatoms. The number of aromatic nitrogens is 2. The molecule has 104 valence electrons. The molecule has 0 aliphatic heterocycles. The predicted molar refractivity (Wildman–Crippen MR) is 83.0 cm³/mol. The normalized spacial score (nSPS) is 10.2. The SMILES string of the molecule is CCNc1cncc(C(=O)Nc2ccc(Br)c(C)c2)n1. The van der Waals surface area contributed by atoms with Crippen LogP contribution >= 0.6 is 15.9 Å². The minimum Gasteiger partial charge on any atom is -0.369 e. The molecule has 2 rings (SSSR count). The topological polar surface area (TPSA) is 66.9 Å². The number of rotatable bonds is 4. The van der Waals surface area contributed by atoms with Gasteiger partial charge in [-0.1, -0.05) is 15.9 Å². The van der Waals surface area contributed by atoms with Crippen molar-refractivity contribution in [3.63, 3.8) is 0 Å². The van der Waals surface area contributed by atoms with Crippen LogP contribution in [0.4, 0.5) is 11.5 Å². The Balaban J connectivity index is 2.15. The van der Waals surface area contributed by atoms with Crippen LogP contribution in [0.25, 0.3) is 0 Å². The van der Waals surface area contributed by atoms with Crippen molar-refractivity contribution >= 4 is 33.3 Å². The van der Waals surface area contributed by atoms with Gasteiger partial charge in [0.15, 0.2) is 0 Å². The van der Waals surface area contributed by atoms with Gasteiger partial charge in [-0.25, -0.2) is 4.98 Å². The standard InChI is InChI=1S/C14H15BrN4O/c1-3-17-13-8-16-7-12(19-13)14(20)18-10-4-5-11(15)9(2)6-10/h4-8H,3H2,1-2H3,(H,17,19)(H,18,20). The van der Waals surface area contributed by atoms with Crippen LogP contribution in [0.2, 0.25) is 0 Å². The molecule has 0 saturated heterocycles. The summed E-state index contributed by atoms with van der Waals surface area (Å²) in [5.74, 6) is 0.311. The van der Waals surface area contributed by atoms with Gasteiger partial charge in [0.2, 0.25) is 0 Å². The molecule has 0 atom stereocenters. The third kappa shape index (κ3) is 3.54. The van der Waals surface area contributed by atoms with Gasteiger partial charge in [-0.3, -0.25) is 9.78 Å². The fourth-order valence-electron chi connectivity index (χ4n) is 1.66. The first kappa shape index (κ1) is 14.5. The van der Waals surface area contributed by atoms with Crippen LogP contribution in [-0.4, -0.2) is 22.4 Å². The summed E-state index contributed by atoms with van der Waals surface area (Å²) in [5.41, 5.74) is 2.06. The van der Waals surface area contributed by atoms with E-state index in [4.69, 9.17) is 0 Å². The maximum absolute atomic E-state index is 12.1. The molecule has 5 nitrogen and oxygen atoms in total. The zero-order chi connectivity index (χ0) is 14.5. The summed E-state index contributed by atoms with van der Waals surface area (Å²) in [6.45, 7) is 4.65. The number of anilines is 2. The molecule has 0 aliphatic carbocycles. The quantitative estimate of drug-likeness (QED) is 0.900. The molecule has 0 fully saturated rings. The lowest BCUT2D eigenvalue weighted by Gasteiger charge is -2.07. The number of aryl methyl sites for hydroxylation is 1. The second-order valence-corrected chi connectivity index (χ2v) is 5.09. The molecule has 1 heterocycles. The van der Waals surface area contributed by atoms with Gasteiger partial charge in [0.05, 0.1) is 12.4 Å². The van der Waals surface area contributed by atoms with Crippen LogP contribution in [-0.2, 0) is 0 Å². The molecule has 1 aromatic carbocycles. The molecule has 0 bridgehead atoms. The van der Waals surface area contributed by atoms with E-state index in [1.165, 1.54) is 6.20 Å². The van der Waals surface area contributed by atoms with Crippen molar-refractivity contribution < 1.29 is 4.79 Å². The van der Waals surface area contributed by atoms with Gasteiger partial charge >= 0.3 is 0 Å². The van der Waals surface area contributed by atoms with Crippen molar-refractivity contribution in [2.75, 3.05) is 17.2 Å². The molecule has 2 aromatic rings. The lowest BCUT2D eigenvalue weighted by Crippen LogP contribution is -2.15. The van der Waals surface area contributed by atoms with E-state index in [1.54, 1.807) is 6.20 Å². The lowest BCUT2D eigenvalue weighted by molar-refractivity contribution is 0.102. The fourth-order valence-corrected chi connectivity index (χ4v) is 1.91. The number of hydrogen-bond acceptors (Lipinski definition) is 4. The Morgan fingerprint density at radius 3 is 2.85 bits per heavy atom.